The highest BCUT2D eigenvalue weighted by molar-refractivity contribution is 7.56. The molecule has 0 aliphatic carbocycles. The molecule has 0 radical (unpaired) electrons. The highest BCUT2D eigenvalue weighted by Gasteiger charge is 2.54. The molecular formula is C20H26NO2P. The van der Waals surface area contributed by atoms with Crippen LogP contribution in [0.5, 0.6) is 0 Å². The van der Waals surface area contributed by atoms with Gasteiger partial charge in [0, 0.05) is 11.7 Å². The Morgan fingerprint density at radius 3 is 1.92 bits per heavy atom. The quantitative estimate of drug-likeness (QED) is 0.658. The molecule has 1 fully saturated rings. The number of benzene rings is 2. The molecule has 0 spiro atoms. The number of hydrogen-bond donors (Lipinski definition) is 0. The van der Waals surface area contributed by atoms with Gasteiger partial charge in [0.25, 0.3) is 7.52 Å². The van der Waals surface area contributed by atoms with E-state index in [-0.39, 0.29) is 17.7 Å². The lowest BCUT2D eigenvalue weighted by Crippen LogP contribution is -2.39. The summed E-state index contributed by atoms with van der Waals surface area (Å²) in [5.41, 5.74) is 1.97. The maximum absolute atomic E-state index is 13.6. The zero-order chi connectivity index (χ0) is 17.4. The second kappa shape index (κ2) is 6.48. The first-order valence-electron chi connectivity index (χ1n) is 8.54. The Morgan fingerprint density at radius 2 is 1.46 bits per heavy atom. The highest BCUT2D eigenvalue weighted by atomic mass is 31.2. The molecule has 0 amide bonds. The summed E-state index contributed by atoms with van der Waals surface area (Å²) in [6.07, 6.45) is 0.287. The van der Waals surface area contributed by atoms with Crippen LogP contribution in [0.25, 0.3) is 0 Å². The van der Waals surface area contributed by atoms with Crippen molar-refractivity contribution < 1.29 is 9.09 Å². The van der Waals surface area contributed by atoms with Crippen LogP contribution in [0.15, 0.2) is 60.7 Å². The van der Waals surface area contributed by atoms with E-state index in [9.17, 15) is 4.57 Å². The van der Waals surface area contributed by atoms with Gasteiger partial charge in [-0.3, -0.25) is 4.57 Å². The fourth-order valence-electron chi connectivity index (χ4n) is 3.56. The Morgan fingerprint density at radius 1 is 0.958 bits per heavy atom. The Balaban J connectivity index is 2.17. The third-order valence-electron chi connectivity index (χ3n) is 4.51. The van der Waals surface area contributed by atoms with Gasteiger partial charge in [-0.2, -0.15) is 0 Å². The van der Waals surface area contributed by atoms with Gasteiger partial charge in [-0.1, -0.05) is 67.6 Å². The van der Waals surface area contributed by atoms with Gasteiger partial charge in [0.1, 0.15) is 6.10 Å². The first kappa shape index (κ1) is 17.4. The normalized spacial score (nSPS) is 28.2. The van der Waals surface area contributed by atoms with Crippen molar-refractivity contribution in [1.82, 2.24) is 4.67 Å². The number of rotatable bonds is 3. The van der Waals surface area contributed by atoms with Crippen molar-refractivity contribution in [3.05, 3.63) is 71.8 Å². The van der Waals surface area contributed by atoms with Gasteiger partial charge in [0.05, 0.1) is 6.04 Å². The topological polar surface area (TPSA) is 29.5 Å². The van der Waals surface area contributed by atoms with E-state index in [2.05, 4.69) is 49.7 Å². The largest absolute Gasteiger partial charge is 0.307 e. The molecule has 0 unspecified atom stereocenters. The molecular weight excluding hydrogens is 317 g/mol. The second-order valence-electron chi connectivity index (χ2n) is 7.26. The first-order valence-corrected chi connectivity index (χ1v) is 10.3. The van der Waals surface area contributed by atoms with E-state index in [4.69, 9.17) is 4.52 Å². The molecule has 0 N–H and O–H groups in total. The summed E-state index contributed by atoms with van der Waals surface area (Å²) >= 11 is 0. The molecule has 1 saturated heterocycles. The van der Waals surface area contributed by atoms with Gasteiger partial charge in [-0.05, 0) is 31.9 Å². The van der Waals surface area contributed by atoms with Crippen molar-refractivity contribution in [3.8, 4) is 0 Å². The van der Waals surface area contributed by atoms with E-state index in [1.165, 1.54) is 0 Å². The van der Waals surface area contributed by atoms with E-state index in [0.29, 0.717) is 6.16 Å². The molecule has 0 saturated carbocycles. The van der Waals surface area contributed by atoms with Crippen LogP contribution in [0.4, 0.5) is 0 Å². The Kier molecular flexibility index (Phi) is 4.70. The molecule has 1 aliphatic heterocycles. The number of nitrogens with zero attached hydrogens (tertiary/aromatic N) is 1. The minimum atomic E-state index is -2.89. The van der Waals surface area contributed by atoms with Crippen LogP contribution in [-0.4, -0.2) is 16.4 Å². The average Bonchev–Trinajstić information content (AvgIpc) is 2.91. The average molecular weight is 343 g/mol. The molecule has 3 nitrogen and oxygen atoms in total. The Hall–Kier alpha value is -1.41. The predicted molar refractivity (Wildman–Crippen MR) is 99.2 cm³/mol. The van der Waals surface area contributed by atoms with Crippen molar-refractivity contribution in [3.63, 3.8) is 0 Å². The molecule has 0 bridgehead atoms. The van der Waals surface area contributed by atoms with Crippen LogP contribution < -0.4 is 0 Å². The van der Waals surface area contributed by atoms with Crippen LogP contribution in [0, 0.1) is 0 Å². The molecule has 128 valence electrons. The number of hydrogen-bond acceptors (Lipinski definition) is 2. The smallest absolute Gasteiger partial charge is 0.273 e. The Bertz CT molecular complexity index is 724. The van der Waals surface area contributed by atoms with E-state index in [0.717, 1.165) is 11.1 Å². The molecule has 4 heteroatoms. The lowest BCUT2D eigenvalue weighted by molar-refractivity contribution is 0.155. The van der Waals surface area contributed by atoms with Crippen LogP contribution in [0.3, 0.4) is 0 Å². The fourth-order valence-corrected chi connectivity index (χ4v) is 6.25. The van der Waals surface area contributed by atoms with Gasteiger partial charge in [-0.15, -0.1) is 0 Å². The SMILES string of the molecule is CC[P@]1(=O)O[C@@H](c2ccccc2)[C@@H](c2ccccc2)N1C(C)(C)C. The maximum atomic E-state index is 13.6. The summed E-state index contributed by atoms with van der Waals surface area (Å²) in [6, 6.07) is 20.4. The van der Waals surface area contributed by atoms with Gasteiger partial charge in [0.15, 0.2) is 0 Å². The molecule has 3 rings (SSSR count). The third kappa shape index (κ3) is 3.09. The second-order valence-corrected chi connectivity index (χ2v) is 9.81. The zero-order valence-electron chi connectivity index (χ0n) is 14.8. The summed E-state index contributed by atoms with van der Waals surface area (Å²) in [4.78, 5) is 0. The summed E-state index contributed by atoms with van der Waals surface area (Å²) in [5, 5.41) is 0. The lowest BCUT2D eigenvalue weighted by Gasteiger charge is -2.39. The summed E-state index contributed by atoms with van der Waals surface area (Å²) in [6.45, 7) is 8.29. The van der Waals surface area contributed by atoms with Crippen LogP contribution in [0.1, 0.15) is 51.0 Å². The van der Waals surface area contributed by atoms with E-state index in [1.807, 2.05) is 43.3 Å². The van der Waals surface area contributed by atoms with Crippen molar-refractivity contribution in [2.75, 3.05) is 6.16 Å². The van der Waals surface area contributed by atoms with Crippen molar-refractivity contribution in [1.29, 1.82) is 0 Å². The fraction of sp³-hybridized carbons (Fsp3) is 0.400. The van der Waals surface area contributed by atoms with E-state index >= 15 is 0 Å². The van der Waals surface area contributed by atoms with Crippen molar-refractivity contribution in [2.24, 2.45) is 0 Å². The molecule has 3 atom stereocenters. The van der Waals surface area contributed by atoms with Crippen LogP contribution in [0.2, 0.25) is 0 Å². The van der Waals surface area contributed by atoms with Crippen LogP contribution >= 0.6 is 7.52 Å². The summed E-state index contributed by atoms with van der Waals surface area (Å²) in [5.74, 6) is 0. The van der Waals surface area contributed by atoms with Gasteiger partial charge in [-0.25, -0.2) is 4.67 Å². The molecule has 2 aromatic carbocycles. The standard InChI is InChI=1S/C20H26NO2P/c1-5-24(22)21(20(2,3)4)18(16-12-8-6-9-13-16)19(23-24)17-14-10-7-11-15-17/h6-15,18-19H,5H2,1-4H3/t18-,19+,24+/m1/s1. The lowest BCUT2D eigenvalue weighted by atomic mass is 9.93. The van der Waals surface area contributed by atoms with E-state index in [1.54, 1.807) is 0 Å². The summed E-state index contributed by atoms with van der Waals surface area (Å²) in [7, 11) is -2.89. The maximum Gasteiger partial charge on any atom is 0.273 e. The van der Waals surface area contributed by atoms with Gasteiger partial charge in [0.2, 0.25) is 0 Å². The predicted octanol–water partition coefficient (Wildman–Crippen LogP) is 5.81. The monoisotopic (exact) mass is 343 g/mol. The molecule has 1 heterocycles. The minimum Gasteiger partial charge on any atom is -0.307 e. The third-order valence-corrected chi connectivity index (χ3v) is 7.37. The first-order chi connectivity index (χ1) is 11.4. The van der Waals surface area contributed by atoms with Crippen molar-refractivity contribution in [2.45, 2.75) is 45.4 Å². The Labute approximate surface area is 145 Å². The zero-order valence-corrected chi connectivity index (χ0v) is 15.7. The van der Waals surface area contributed by atoms with Gasteiger partial charge >= 0.3 is 0 Å². The van der Waals surface area contributed by atoms with E-state index < -0.39 is 7.52 Å². The highest BCUT2D eigenvalue weighted by Crippen LogP contribution is 2.69. The summed E-state index contributed by atoms with van der Waals surface area (Å²) < 4.78 is 22.0. The van der Waals surface area contributed by atoms with Gasteiger partial charge < -0.3 is 4.52 Å². The molecule has 2 aromatic rings. The molecule has 1 aliphatic rings. The minimum absolute atomic E-state index is 0.0561. The van der Waals surface area contributed by atoms with Crippen LogP contribution in [-0.2, 0) is 9.09 Å². The molecule has 0 aromatic heterocycles. The molecule has 24 heavy (non-hydrogen) atoms. The van der Waals surface area contributed by atoms with Crippen molar-refractivity contribution >= 4 is 7.52 Å².